The second-order valence-corrected chi connectivity index (χ2v) is 8.89. The Bertz CT molecular complexity index is 1300. The lowest BCUT2D eigenvalue weighted by Gasteiger charge is -2.35. The fourth-order valence-electron chi connectivity index (χ4n) is 5.36. The van der Waals surface area contributed by atoms with Crippen molar-refractivity contribution in [2.45, 2.75) is 11.5 Å². The van der Waals surface area contributed by atoms with Gasteiger partial charge < -0.3 is 5.32 Å². The van der Waals surface area contributed by atoms with Crippen molar-refractivity contribution in [3.63, 3.8) is 0 Å². The number of rotatable bonds is 4. The van der Waals surface area contributed by atoms with Crippen LogP contribution in [0.5, 0.6) is 0 Å². The van der Waals surface area contributed by atoms with Crippen LogP contribution in [0.15, 0.2) is 72.8 Å². The number of hydrogen-bond donors (Lipinski definition) is 1. The highest BCUT2D eigenvalue weighted by molar-refractivity contribution is 6.31. The summed E-state index contributed by atoms with van der Waals surface area (Å²) >= 11 is 6.32. The molecule has 1 amide bonds. The van der Waals surface area contributed by atoms with Crippen LogP contribution >= 0.6 is 11.6 Å². The van der Waals surface area contributed by atoms with Crippen LogP contribution in [0.4, 0.5) is 11.4 Å². The number of ketones is 1. The standard InChI is InChI=1S/C25H20ClN3O4/c1-28-14-19(16-8-5-9-18(12-16)29(32)33)22(23(30)15-6-3-2-4-7-15)25(28)20-13-17(26)10-11-21(20)27-24(25)31/h2-13,19,22H,14H2,1H3,(H,27,31)/t19-,22-,25-/m1/s1. The van der Waals surface area contributed by atoms with Crippen LogP contribution in [0.3, 0.4) is 0 Å². The van der Waals surface area contributed by atoms with Gasteiger partial charge in [0.25, 0.3) is 5.69 Å². The Balaban J connectivity index is 1.74. The van der Waals surface area contributed by atoms with Gasteiger partial charge >= 0.3 is 0 Å². The Morgan fingerprint density at radius 3 is 2.61 bits per heavy atom. The monoisotopic (exact) mass is 461 g/mol. The van der Waals surface area contributed by atoms with Crippen molar-refractivity contribution in [3.05, 3.63) is 105 Å². The number of likely N-dealkylation sites (tertiary alicyclic amines) is 1. The lowest BCUT2D eigenvalue weighted by molar-refractivity contribution is -0.384. The van der Waals surface area contributed by atoms with E-state index in [-0.39, 0.29) is 17.4 Å². The van der Waals surface area contributed by atoms with Crippen molar-refractivity contribution in [3.8, 4) is 0 Å². The first-order valence-electron chi connectivity index (χ1n) is 10.5. The second kappa shape index (κ2) is 7.79. The minimum atomic E-state index is -1.29. The summed E-state index contributed by atoms with van der Waals surface area (Å²) in [4.78, 5) is 40.5. The van der Waals surface area contributed by atoms with Crippen LogP contribution in [0.1, 0.15) is 27.4 Å². The molecule has 0 unspecified atom stereocenters. The number of nitrogens with one attached hydrogen (secondary N) is 1. The molecule has 2 heterocycles. The number of carbonyl (C=O) groups excluding carboxylic acids is 2. The average Bonchev–Trinajstić information content (AvgIpc) is 3.29. The third kappa shape index (κ3) is 3.15. The number of amides is 1. The summed E-state index contributed by atoms with van der Waals surface area (Å²) in [5.41, 5.74) is 1.04. The van der Waals surface area contributed by atoms with Crippen molar-refractivity contribution < 1.29 is 14.5 Å². The molecule has 166 valence electrons. The Morgan fingerprint density at radius 1 is 1.12 bits per heavy atom. The van der Waals surface area contributed by atoms with Crippen LogP contribution in [0.2, 0.25) is 5.02 Å². The molecule has 3 aromatic carbocycles. The average molecular weight is 462 g/mol. The number of halogens is 1. The highest BCUT2D eigenvalue weighted by Gasteiger charge is 2.64. The van der Waals surface area contributed by atoms with E-state index in [0.29, 0.717) is 33.9 Å². The maximum Gasteiger partial charge on any atom is 0.269 e. The molecule has 0 aromatic heterocycles. The van der Waals surface area contributed by atoms with E-state index in [9.17, 15) is 19.7 Å². The summed E-state index contributed by atoms with van der Waals surface area (Å²) in [6.45, 7) is 0.365. The van der Waals surface area contributed by atoms with Gasteiger partial charge in [-0.2, -0.15) is 0 Å². The molecule has 33 heavy (non-hydrogen) atoms. The molecular formula is C25H20ClN3O4. The minimum absolute atomic E-state index is 0.0543. The summed E-state index contributed by atoms with van der Waals surface area (Å²) in [6, 6.07) is 20.3. The van der Waals surface area contributed by atoms with Gasteiger partial charge in [0, 0.05) is 46.4 Å². The molecule has 0 radical (unpaired) electrons. The van der Waals surface area contributed by atoms with Crippen molar-refractivity contribution in [1.29, 1.82) is 0 Å². The number of hydrogen-bond acceptors (Lipinski definition) is 5. The molecule has 2 aliphatic rings. The quantitative estimate of drug-likeness (QED) is 0.347. The van der Waals surface area contributed by atoms with E-state index in [1.165, 1.54) is 12.1 Å². The second-order valence-electron chi connectivity index (χ2n) is 8.46. The van der Waals surface area contributed by atoms with E-state index >= 15 is 0 Å². The van der Waals surface area contributed by atoms with Gasteiger partial charge in [-0.1, -0.05) is 54.1 Å². The molecule has 8 heteroatoms. The highest BCUT2D eigenvalue weighted by Crippen LogP contribution is 2.56. The number of fused-ring (bicyclic) bond motifs is 2. The molecule has 1 spiro atoms. The van der Waals surface area contributed by atoms with Gasteiger partial charge in [0.2, 0.25) is 5.91 Å². The fourth-order valence-corrected chi connectivity index (χ4v) is 5.53. The summed E-state index contributed by atoms with van der Waals surface area (Å²) in [5, 5.41) is 14.8. The number of anilines is 1. The minimum Gasteiger partial charge on any atom is -0.324 e. The lowest BCUT2D eigenvalue weighted by Crippen LogP contribution is -2.51. The largest absolute Gasteiger partial charge is 0.324 e. The number of nitrogens with zero attached hydrogens (tertiary/aromatic N) is 2. The third-order valence-electron chi connectivity index (χ3n) is 6.76. The van der Waals surface area contributed by atoms with Gasteiger partial charge in [-0.15, -0.1) is 0 Å². The van der Waals surface area contributed by atoms with E-state index < -0.39 is 22.3 Å². The molecule has 7 nitrogen and oxygen atoms in total. The van der Waals surface area contributed by atoms with Crippen molar-refractivity contribution >= 4 is 34.7 Å². The van der Waals surface area contributed by atoms with Crippen LogP contribution in [0, 0.1) is 16.0 Å². The number of nitro benzene ring substituents is 1. The highest BCUT2D eigenvalue weighted by atomic mass is 35.5. The van der Waals surface area contributed by atoms with Crippen LogP contribution < -0.4 is 5.32 Å². The zero-order valence-electron chi connectivity index (χ0n) is 17.7. The molecule has 2 aliphatic heterocycles. The molecule has 1 fully saturated rings. The van der Waals surface area contributed by atoms with Gasteiger partial charge in [-0.3, -0.25) is 24.6 Å². The van der Waals surface area contributed by atoms with Crippen LogP contribution in [0.25, 0.3) is 0 Å². The van der Waals surface area contributed by atoms with Gasteiger partial charge in [0.15, 0.2) is 5.78 Å². The Morgan fingerprint density at radius 2 is 1.88 bits per heavy atom. The molecule has 1 N–H and O–H groups in total. The van der Waals surface area contributed by atoms with Crippen LogP contribution in [-0.2, 0) is 10.3 Å². The first-order valence-corrected chi connectivity index (χ1v) is 10.9. The number of likely N-dealkylation sites (N-methyl/N-ethyl adjacent to an activating group) is 1. The zero-order valence-corrected chi connectivity index (χ0v) is 18.5. The number of non-ortho nitro benzene ring substituents is 1. The number of Topliss-reactive ketones (excluding diaryl/α,β-unsaturated/α-hetero) is 1. The molecule has 0 saturated carbocycles. The molecule has 5 rings (SSSR count). The first kappa shape index (κ1) is 21.3. The normalized spacial score (nSPS) is 24.0. The SMILES string of the molecule is CN1C[C@H](c2cccc([N+](=O)[O-])c2)[C@H](C(=O)c2ccccc2)[C@]12C(=O)Nc1ccc(Cl)cc12. The van der Waals surface area contributed by atoms with E-state index in [2.05, 4.69) is 5.32 Å². The van der Waals surface area contributed by atoms with Gasteiger partial charge in [0.05, 0.1) is 10.8 Å². The maximum atomic E-state index is 14.0. The third-order valence-corrected chi connectivity index (χ3v) is 7.00. The fraction of sp³-hybridized carbons (Fsp3) is 0.200. The summed E-state index contributed by atoms with van der Waals surface area (Å²) in [7, 11) is 1.80. The lowest BCUT2D eigenvalue weighted by atomic mass is 9.70. The van der Waals surface area contributed by atoms with Gasteiger partial charge in [0.1, 0.15) is 5.54 Å². The summed E-state index contributed by atoms with van der Waals surface area (Å²) in [6.07, 6.45) is 0. The molecule has 0 bridgehead atoms. The van der Waals surface area contributed by atoms with E-state index in [4.69, 9.17) is 11.6 Å². The van der Waals surface area contributed by atoms with Crippen molar-refractivity contribution in [1.82, 2.24) is 4.90 Å². The Labute approximate surface area is 195 Å². The Kier molecular flexibility index (Phi) is 5.03. The predicted octanol–water partition coefficient (Wildman–Crippen LogP) is 4.62. The summed E-state index contributed by atoms with van der Waals surface area (Å²) < 4.78 is 0. The summed E-state index contributed by atoms with van der Waals surface area (Å²) in [5.74, 6) is -1.76. The topological polar surface area (TPSA) is 92.5 Å². The molecule has 0 aliphatic carbocycles. The van der Waals surface area contributed by atoms with Crippen molar-refractivity contribution in [2.24, 2.45) is 5.92 Å². The van der Waals surface area contributed by atoms with Crippen molar-refractivity contribution in [2.75, 3.05) is 18.9 Å². The van der Waals surface area contributed by atoms with E-state index in [0.717, 1.165) is 0 Å². The molecule has 1 saturated heterocycles. The zero-order chi connectivity index (χ0) is 23.3. The van der Waals surface area contributed by atoms with Gasteiger partial charge in [-0.05, 0) is 30.8 Å². The molecule has 3 atom stereocenters. The van der Waals surface area contributed by atoms with E-state index in [1.54, 1.807) is 61.6 Å². The van der Waals surface area contributed by atoms with Gasteiger partial charge in [-0.25, -0.2) is 0 Å². The predicted molar refractivity (Wildman–Crippen MR) is 124 cm³/mol. The van der Waals surface area contributed by atoms with Crippen LogP contribution in [-0.4, -0.2) is 35.1 Å². The van der Waals surface area contributed by atoms with E-state index in [1.807, 2.05) is 11.0 Å². The first-order chi connectivity index (χ1) is 15.8. The number of nitro groups is 1. The number of carbonyl (C=O) groups is 2. The number of benzene rings is 3. The Hall–Kier alpha value is -3.55. The smallest absolute Gasteiger partial charge is 0.269 e. The maximum absolute atomic E-state index is 14.0. The molecular weight excluding hydrogens is 442 g/mol. The molecule has 3 aromatic rings.